The number of halogens is 2. The van der Waals surface area contributed by atoms with Crippen LogP contribution in [0.1, 0.15) is 9.67 Å². The van der Waals surface area contributed by atoms with E-state index < -0.39 is 0 Å². The SMILES string of the molecule is CN(C)C(=O)COc1ccc(NC(=O)c2sc3cc(F)ccc3c2Cl)cc1. The largest absolute Gasteiger partial charge is 0.484 e. The van der Waals surface area contributed by atoms with Crippen molar-refractivity contribution in [1.29, 1.82) is 0 Å². The molecule has 0 spiro atoms. The third-order valence-corrected chi connectivity index (χ3v) is 5.43. The summed E-state index contributed by atoms with van der Waals surface area (Å²) in [5.74, 6) is -0.393. The monoisotopic (exact) mass is 406 g/mol. The second-order valence-electron chi connectivity index (χ2n) is 5.94. The molecule has 1 aromatic heterocycles. The first-order chi connectivity index (χ1) is 12.8. The first-order valence-corrected chi connectivity index (χ1v) is 9.16. The summed E-state index contributed by atoms with van der Waals surface area (Å²) < 4.78 is 19.3. The van der Waals surface area contributed by atoms with Gasteiger partial charge in [0.05, 0.1) is 5.02 Å². The summed E-state index contributed by atoms with van der Waals surface area (Å²) in [6.45, 7) is -0.0628. The number of hydrogen-bond donors (Lipinski definition) is 1. The van der Waals surface area contributed by atoms with Crippen molar-refractivity contribution < 1.29 is 18.7 Å². The maximum Gasteiger partial charge on any atom is 0.267 e. The van der Waals surface area contributed by atoms with Gasteiger partial charge in [-0.2, -0.15) is 0 Å². The number of amides is 2. The van der Waals surface area contributed by atoms with E-state index in [1.54, 1.807) is 44.4 Å². The molecule has 3 rings (SSSR count). The summed E-state index contributed by atoms with van der Waals surface area (Å²) in [7, 11) is 3.30. The highest BCUT2D eigenvalue weighted by atomic mass is 35.5. The summed E-state index contributed by atoms with van der Waals surface area (Å²) in [6.07, 6.45) is 0. The van der Waals surface area contributed by atoms with Gasteiger partial charge >= 0.3 is 0 Å². The van der Waals surface area contributed by atoms with Gasteiger partial charge in [-0.1, -0.05) is 11.6 Å². The summed E-state index contributed by atoms with van der Waals surface area (Å²) >= 11 is 7.40. The van der Waals surface area contributed by atoms with Gasteiger partial charge in [0.2, 0.25) is 0 Å². The van der Waals surface area contributed by atoms with E-state index in [2.05, 4.69) is 5.32 Å². The molecule has 0 aliphatic carbocycles. The van der Waals surface area contributed by atoms with Crippen LogP contribution < -0.4 is 10.1 Å². The Labute approximate surface area is 164 Å². The number of carbonyl (C=O) groups is 2. The zero-order valence-electron chi connectivity index (χ0n) is 14.6. The van der Waals surface area contributed by atoms with Gasteiger partial charge in [-0.3, -0.25) is 9.59 Å². The molecule has 0 radical (unpaired) electrons. The number of nitrogens with one attached hydrogen (secondary N) is 1. The zero-order valence-corrected chi connectivity index (χ0v) is 16.2. The minimum atomic E-state index is -0.379. The van der Waals surface area contributed by atoms with Gasteiger partial charge in [0.1, 0.15) is 16.4 Å². The molecule has 0 fully saturated rings. The number of carbonyl (C=O) groups excluding carboxylic acids is 2. The molecule has 0 saturated carbocycles. The predicted octanol–water partition coefficient (Wildman–Crippen LogP) is 4.41. The van der Waals surface area contributed by atoms with E-state index in [4.69, 9.17) is 16.3 Å². The molecule has 0 aliphatic heterocycles. The molecule has 0 saturated heterocycles. The van der Waals surface area contributed by atoms with Crippen LogP contribution in [-0.2, 0) is 4.79 Å². The number of fused-ring (bicyclic) bond motifs is 1. The van der Waals surface area contributed by atoms with Gasteiger partial charge in [-0.15, -0.1) is 11.3 Å². The number of ether oxygens (including phenoxy) is 1. The van der Waals surface area contributed by atoms with Crippen LogP contribution >= 0.6 is 22.9 Å². The van der Waals surface area contributed by atoms with Crippen molar-refractivity contribution in [2.24, 2.45) is 0 Å². The topological polar surface area (TPSA) is 58.6 Å². The molecule has 0 bridgehead atoms. The lowest BCUT2D eigenvalue weighted by molar-refractivity contribution is -0.130. The molecule has 5 nitrogen and oxygen atoms in total. The Hall–Kier alpha value is -2.64. The first kappa shape index (κ1) is 19.1. The summed E-state index contributed by atoms with van der Waals surface area (Å²) in [5.41, 5.74) is 0.547. The van der Waals surface area contributed by atoms with E-state index in [-0.39, 0.29) is 24.2 Å². The number of likely N-dealkylation sites (N-methyl/N-ethyl adjacent to an activating group) is 1. The van der Waals surface area contributed by atoms with E-state index in [1.165, 1.54) is 17.0 Å². The minimum absolute atomic E-state index is 0.0628. The Morgan fingerprint density at radius 2 is 1.89 bits per heavy atom. The molecule has 140 valence electrons. The lowest BCUT2D eigenvalue weighted by Gasteiger charge is -2.11. The van der Waals surface area contributed by atoms with Crippen LogP contribution in [0.25, 0.3) is 10.1 Å². The maximum absolute atomic E-state index is 13.3. The highest BCUT2D eigenvalue weighted by molar-refractivity contribution is 7.21. The fraction of sp³-hybridized carbons (Fsp3) is 0.158. The molecule has 0 atom stereocenters. The fourth-order valence-corrected chi connectivity index (χ4v) is 3.72. The average Bonchev–Trinajstić information content (AvgIpc) is 2.96. The third-order valence-electron chi connectivity index (χ3n) is 3.77. The van der Waals surface area contributed by atoms with Crippen molar-refractivity contribution in [2.75, 3.05) is 26.0 Å². The molecular formula is C19H16ClFN2O3S. The van der Waals surface area contributed by atoms with E-state index in [0.717, 1.165) is 11.3 Å². The van der Waals surface area contributed by atoms with Crippen molar-refractivity contribution in [2.45, 2.75) is 0 Å². The molecule has 0 unspecified atom stereocenters. The van der Waals surface area contributed by atoms with Gasteiger partial charge in [0.25, 0.3) is 11.8 Å². The number of nitrogens with zero attached hydrogens (tertiary/aromatic N) is 1. The van der Waals surface area contributed by atoms with Gasteiger partial charge in [0, 0.05) is 29.9 Å². The van der Waals surface area contributed by atoms with Crippen molar-refractivity contribution in [1.82, 2.24) is 4.90 Å². The van der Waals surface area contributed by atoms with Crippen LogP contribution in [0.4, 0.5) is 10.1 Å². The minimum Gasteiger partial charge on any atom is -0.484 e. The summed E-state index contributed by atoms with van der Waals surface area (Å²) in [6, 6.07) is 10.8. The van der Waals surface area contributed by atoms with Crippen molar-refractivity contribution >= 4 is 50.5 Å². The molecule has 1 heterocycles. The van der Waals surface area contributed by atoms with E-state index in [0.29, 0.717) is 31.4 Å². The van der Waals surface area contributed by atoms with Crippen molar-refractivity contribution in [3.8, 4) is 5.75 Å². The molecular weight excluding hydrogens is 391 g/mol. The smallest absolute Gasteiger partial charge is 0.267 e. The van der Waals surface area contributed by atoms with Crippen LogP contribution in [0.15, 0.2) is 42.5 Å². The van der Waals surface area contributed by atoms with E-state index in [9.17, 15) is 14.0 Å². The lowest BCUT2D eigenvalue weighted by Crippen LogP contribution is -2.27. The van der Waals surface area contributed by atoms with Crippen LogP contribution in [0, 0.1) is 5.82 Å². The Morgan fingerprint density at radius 3 is 2.56 bits per heavy atom. The molecule has 0 aliphatic rings. The highest BCUT2D eigenvalue weighted by Crippen LogP contribution is 2.36. The number of rotatable bonds is 5. The Bertz CT molecular complexity index is 1000. The Kier molecular flexibility index (Phi) is 5.62. The zero-order chi connectivity index (χ0) is 19.6. The molecule has 1 N–H and O–H groups in total. The quantitative estimate of drug-likeness (QED) is 0.682. The van der Waals surface area contributed by atoms with Crippen molar-refractivity contribution in [3.63, 3.8) is 0 Å². The average molecular weight is 407 g/mol. The van der Waals surface area contributed by atoms with Gasteiger partial charge < -0.3 is 15.0 Å². The molecule has 2 amide bonds. The van der Waals surface area contributed by atoms with Crippen LogP contribution in [-0.4, -0.2) is 37.4 Å². The number of benzene rings is 2. The molecule has 3 aromatic rings. The van der Waals surface area contributed by atoms with Crippen LogP contribution in [0.2, 0.25) is 5.02 Å². The number of thiophene rings is 1. The predicted molar refractivity (Wildman–Crippen MR) is 105 cm³/mol. The van der Waals surface area contributed by atoms with Crippen LogP contribution in [0.5, 0.6) is 5.75 Å². The summed E-state index contributed by atoms with van der Waals surface area (Å²) in [4.78, 5) is 25.8. The lowest BCUT2D eigenvalue weighted by atomic mass is 10.2. The Balaban J connectivity index is 1.69. The van der Waals surface area contributed by atoms with Gasteiger partial charge in [0.15, 0.2) is 6.61 Å². The summed E-state index contributed by atoms with van der Waals surface area (Å²) in [5, 5.41) is 3.69. The molecule has 27 heavy (non-hydrogen) atoms. The highest BCUT2D eigenvalue weighted by Gasteiger charge is 2.17. The van der Waals surface area contributed by atoms with Crippen molar-refractivity contribution in [3.05, 3.63) is 58.2 Å². The maximum atomic E-state index is 13.3. The molecule has 2 aromatic carbocycles. The first-order valence-electron chi connectivity index (χ1n) is 7.97. The Morgan fingerprint density at radius 1 is 1.19 bits per heavy atom. The standard InChI is InChI=1S/C19H16ClFN2O3S/c1-23(2)16(24)10-26-13-6-4-12(5-7-13)22-19(25)18-17(20)14-8-3-11(21)9-15(14)27-18/h3-9H,10H2,1-2H3,(H,22,25). The van der Waals surface area contributed by atoms with Gasteiger partial charge in [-0.05, 0) is 42.5 Å². The van der Waals surface area contributed by atoms with E-state index in [1.807, 2.05) is 0 Å². The normalized spacial score (nSPS) is 10.7. The van der Waals surface area contributed by atoms with E-state index >= 15 is 0 Å². The number of anilines is 1. The second-order valence-corrected chi connectivity index (χ2v) is 7.37. The third kappa shape index (κ3) is 4.37. The van der Waals surface area contributed by atoms with Gasteiger partial charge in [-0.25, -0.2) is 4.39 Å². The number of hydrogen-bond acceptors (Lipinski definition) is 4. The fourth-order valence-electron chi connectivity index (χ4n) is 2.28. The second kappa shape index (κ2) is 7.94. The molecule has 8 heteroatoms. The van der Waals surface area contributed by atoms with Crippen LogP contribution in [0.3, 0.4) is 0 Å².